The summed E-state index contributed by atoms with van der Waals surface area (Å²) in [5, 5.41) is 8.77. The number of nitrogens with two attached hydrogens (primary N) is 1. The molecule has 1 rings (SSSR count). The zero-order chi connectivity index (χ0) is 7.40. The number of hydrogen-bond donors (Lipinski definition) is 2. The average molecular weight is 200 g/mol. The molecule has 1 heterocycles. The van der Waals surface area contributed by atoms with Gasteiger partial charge in [0.15, 0.2) is 0 Å². The maximum absolute atomic E-state index is 6.81. The maximum atomic E-state index is 6.81. The van der Waals surface area contributed by atoms with Crippen molar-refractivity contribution in [1.82, 2.24) is 0 Å². The second kappa shape index (κ2) is 3.49. The predicted molar refractivity (Wildman–Crippen MR) is 44.9 cm³/mol. The molecule has 0 radical (unpaired) electrons. The van der Waals surface area contributed by atoms with E-state index in [2.05, 4.69) is 15.9 Å². The molecule has 3 N–H and O–H groups in total. The van der Waals surface area contributed by atoms with Gasteiger partial charge in [-0.1, -0.05) is 15.9 Å². The van der Waals surface area contributed by atoms with Crippen molar-refractivity contribution < 1.29 is 5.32 Å². The summed E-state index contributed by atoms with van der Waals surface area (Å²) in [5.41, 5.74) is 1.05. The van der Waals surface area contributed by atoms with Crippen LogP contribution in [-0.4, -0.2) is 6.21 Å². The van der Waals surface area contributed by atoms with Gasteiger partial charge in [0.25, 0.3) is 0 Å². The highest BCUT2D eigenvalue weighted by molar-refractivity contribution is 9.11. The van der Waals surface area contributed by atoms with Crippen LogP contribution in [0.5, 0.6) is 0 Å². The molecular weight excluding hydrogens is 192 g/mol. The van der Waals surface area contributed by atoms with Crippen LogP contribution in [-0.2, 0) is 0 Å². The number of rotatable bonds is 1. The Bertz CT molecular complexity index is 226. The summed E-state index contributed by atoms with van der Waals surface area (Å²) >= 11 is 3.34. The Morgan fingerprint density at radius 2 is 2.40 bits per heavy atom. The van der Waals surface area contributed by atoms with Crippen LogP contribution < -0.4 is 5.32 Å². The smallest absolute Gasteiger partial charge is 0.136 e. The van der Waals surface area contributed by atoms with Gasteiger partial charge in [0.1, 0.15) is 5.70 Å². The van der Waals surface area contributed by atoms with Crippen molar-refractivity contribution in [2.45, 2.75) is 0 Å². The van der Waals surface area contributed by atoms with Gasteiger partial charge in [0, 0.05) is 28.9 Å². The molecule has 0 spiro atoms. The van der Waals surface area contributed by atoms with E-state index in [1.54, 1.807) is 6.08 Å². The molecule has 2 nitrogen and oxygen atoms in total. The molecular formula is C7H8BrN2+. The van der Waals surface area contributed by atoms with Crippen LogP contribution in [0.1, 0.15) is 0 Å². The summed E-state index contributed by atoms with van der Waals surface area (Å²) in [5.74, 6) is 0. The summed E-state index contributed by atoms with van der Waals surface area (Å²) in [6.45, 7) is 0. The lowest BCUT2D eigenvalue weighted by molar-refractivity contribution is -0.530. The van der Waals surface area contributed by atoms with Crippen molar-refractivity contribution in [3.05, 3.63) is 34.6 Å². The molecule has 0 bridgehead atoms. The van der Waals surface area contributed by atoms with Gasteiger partial charge in [-0.05, 0) is 0 Å². The summed E-state index contributed by atoms with van der Waals surface area (Å²) < 4.78 is 1.04. The van der Waals surface area contributed by atoms with Gasteiger partial charge in [-0.25, -0.2) is 0 Å². The molecule has 52 valence electrons. The minimum atomic E-state index is 1.04. The zero-order valence-electron chi connectivity index (χ0n) is 5.34. The number of hydrogen-bond acceptors (Lipinski definition) is 1. The molecule has 0 atom stereocenters. The highest BCUT2D eigenvalue weighted by Gasteiger charge is 2.00. The Kier molecular flexibility index (Phi) is 2.59. The van der Waals surface area contributed by atoms with Crippen molar-refractivity contribution >= 4 is 22.1 Å². The van der Waals surface area contributed by atoms with E-state index in [1.807, 2.05) is 23.7 Å². The molecule has 0 aromatic carbocycles. The number of allylic oxidation sites excluding steroid dienone is 4. The van der Waals surface area contributed by atoms with Crippen LogP contribution in [0, 0.1) is 5.41 Å². The molecule has 0 aromatic rings. The zero-order valence-corrected chi connectivity index (χ0v) is 6.93. The summed E-state index contributed by atoms with van der Waals surface area (Å²) in [7, 11) is 0. The molecule has 1 aliphatic rings. The second-order valence-corrected chi connectivity index (χ2v) is 2.80. The fourth-order valence-corrected chi connectivity index (χ4v) is 1.12. The van der Waals surface area contributed by atoms with Gasteiger partial charge < -0.3 is 5.41 Å². The molecule has 0 saturated carbocycles. The quantitative estimate of drug-likeness (QED) is 0.590. The first-order chi connectivity index (χ1) is 4.83. The van der Waals surface area contributed by atoms with Gasteiger partial charge in [-0.15, -0.1) is 0 Å². The minimum Gasteiger partial charge on any atom is -0.309 e. The first kappa shape index (κ1) is 7.44. The van der Waals surface area contributed by atoms with Crippen LogP contribution in [0.15, 0.2) is 34.6 Å². The van der Waals surface area contributed by atoms with Crippen LogP contribution in [0.3, 0.4) is 0 Å². The minimum absolute atomic E-state index is 1.04. The average Bonchev–Trinajstić information content (AvgIpc) is 1.88. The highest BCUT2D eigenvalue weighted by Crippen LogP contribution is 2.08. The van der Waals surface area contributed by atoms with E-state index in [9.17, 15) is 0 Å². The normalized spacial score (nSPS) is 20.9. The molecule has 0 amide bonds. The van der Waals surface area contributed by atoms with E-state index in [1.165, 1.54) is 6.21 Å². The van der Waals surface area contributed by atoms with Gasteiger partial charge in [-0.3, -0.25) is 5.32 Å². The van der Waals surface area contributed by atoms with Crippen molar-refractivity contribution in [3.63, 3.8) is 0 Å². The fraction of sp³-hybridized carbons (Fsp3) is 0. The van der Waals surface area contributed by atoms with E-state index in [0.29, 0.717) is 0 Å². The second-order valence-electron chi connectivity index (χ2n) is 1.89. The first-order valence-corrected chi connectivity index (χ1v) is 3.71. The van der Waals surface area contributed by atoms with Crippen LogP contribution in [0.2, 0.25) is 0 Å². The molecule has 0 aromatic heterocycles. The lowest BCUT2D eigenvalue weighted by atomic mass is 10.3. The monoisotopic (exact) mass is 199 g/mol. The maximum Gasteiger partial charge on any atom is 0.136 e. The van der Waals surface area contributed by atoms with E-state index in [0.717, 1.165) is 10.2 Å². The third-order valence-corrected chi connectivity index (χ3v) is 1.62. The standard InChI is InChI=1S/C7H7BrN2/c8-6-2-4-10-7(5-6)1-3-9/h1-5,9-10H/p+1/b7-1-,9-3?. The van der Waals surface area contributed by atoms with Gasteiger partial charge in [0.2, 0.25) is 0 Å². The molecule has 1 aliphatic heterocycles. The highest BCUT2D eigenvalue weighted by atomic mass is 79.9. The molecule has 10 heavy (non-hydrogen) atoms. The van der Waals surface area contributed by atoms with E-state index in [4.69, 9.17) is 5.41 Å². The first-order valence-electron chi connectivity index (χ1n) is 2.92. The van der Waals surface area contributed by atoms with Crippen molar-refractivity contribution in [3.8, 4) is 0 Å². The lowest BCUT2D eigenvalue weighted by Crippen LogP contribution is -2.75. The van der Waals surface area contributed by atoms with Gasteiger partial charge in [-0.2, -0.15) is 0 Å². The summed E-state index contributed by atoms with van der Waals surface area (Å²) in [6, 6.07) is 0. The fourth-order valence-electron chi connectivity index (χ4n) is 0.706. The third kappa shape index (κ3) is 1.93. The Labute approximate surface area is 68.0 Å². The molecule has 0 fully saturated rings. The Hall–Kier alpha value is -0.670. The van der Waals surface area contributed by atoms with E-state index >= 15 is 0 Å². The van der Waals surface area contributed by atoms with Gasteiger partial charge >= 0.3 is 0 Å². The molecule has 3 heteroatoms. The number of halogens is 1. The number of nitrogens with one attached hydrogen (secondary N) is 1. The van der Waals surface area contributed by atoms with E-state index in [-0.39, 0.29) is 0 Å². The Balaban J connectivity index is 2.77. The summed E-state index contributed by atoms with van der Waals surface area (Å²) in [4.78, 5) is 0. The Morgan fingerprint density at radius 1 is 1.60 bits per heavy atom. The largest absolute Gasteiger partial charge is 0.309 e. The molecule has 0 saturated heterocycles. The van der Waals surface area contributed by atoms with Crippen molar-refractivity contribution in [1.29, 1.82) is 5.41 Å². The SMILES string of the molecule is N=C/C=C1/C=C(Br)C=C[NH2+]1. The van der Waals surface area contributed by atoms with Crippen molar-refractivity contribution in [2.24, 2.45) is 0 Å². The number of quaternary nitrogens is 1. The van der Waals surface area contributed by atoms with Crippen LogP contribution >= 0.6 is 15.9 Å². The van der Waals surface area contributed by atoms with Crippen molar-refractivity contribution in [2.75, 3.05) is 0 Å². The lowest BCUT2D eigenvalue weighted by Gasteiger charge is -1.99. The van der Waals surface area contributed by atoms with E-state index < -0.39 is 0 Å². The molecule has 0 aliphatic carbocycles. The molecule has 0 unspecified atom stereocenters. The predicted octanol–water partition coefficient (Wildman–Crippen LogP) is 0.889. The van der Waals surface area contributed by atoms with Gasteiger partial charge in [0.05, 0.1) is 6.20 Å². The Morgan fingerprint density at radius 3 is 3.00 bits per heavy atom. The summed E-state index contributed by atoms with van der Waals surface area (Å²) in [6.07, 6.45) is 8.89. The van der Waals surface area contributed by atoms with Crippen LogP contribution in [0.25, 0.3) is 0 Å². The van der Waals surface area contributed by atoms with Crippen LogP contribution in [0.4, 0.5) is 0 Å². The topological polar surface area (TPSA) is 40.5 Å². The third-order valence-electron chi connectivity index (χ3n) is 1.12.